The van der Waals surface area contributed by atoms with Crippen LogP contribution in [0.3, 0.4) is 0 Å². The minimum atomic E-state index is -0.652. The van der Waals surface area contributed by atoms with Crippen LogP contribution in [-0.2, 0) is 4.79 Å². The Bertz CT molecular complexity index is 837. The molecule has 0 bridgehead atoms. The number of nitrogens with zero attached hydrogens (tertiary/aromatic N) is 1. The van der Waals surface area contributed by atoms with Crippen LogP contribution in [0, 0.1) is 26.7 Å². The molecule has 144 valence electrons. The van der Waals surface area contributed by atoms with Crippen LogP contribution in [0.2, 0.25) is 0 Å². The van der Waals surface area contributed by atoms with Gasteiger partial charge in [0.1, 0.15) is 0 Å². The van der Waals surface area contributed by atoms with Crippen LogP contribution in [0.25, 0.3) is 5.57 Å². The lowest BCUT2D eigenvalue weighted by molar-refractivity contribution is -0.143. The number of hydrogen-bond acceptors (Lipinski definition) is 3. The topological polar surface area (TPSA) is 40.5 Å². The Labute approximate surface area is 166 Å². The molecular weight excluding hydrogens is 354 g/mol. The predicted octanol–water partition coefficient (Wildman–Crippen LogP) is 5.29. The zero-order chi connectivity index (χ0) is 19.4. The summed E-state index contributed by atoms with van der Waals surface area (Å²) in [4.78, 5) is 14.9. The zero-order valence-electron chi connectivity index (χ0n) is 16.5. The van der Waals surface area contributed by atoms with Gasteiger partial charge in [-0.2, -0.15) is 0 Å². The molecule has 3 nitrogen and oxygen atoms in total. The van der Waals surface area contributed by atoms with Crippen LogP contribution in [-0.4, -0.2) is 35.6 Å². The van der Waals surface area contributed by atoms with Crippen LogP contribution >= 0.6 is 11.3 Å². The Kier molecular flexibility index (Phi) is 6.51. The quantitative estimate of drug-likeness (QED) is 0.737. The largest absolute Gasteiger partial charge is 0.481 e. The second-order valence-electron chi connectivity index (χ2n) is 7.64. The number of piperidine rings is 1. The van der Waals surface area contributed by atoms with Gasteiger partial charge in [-0.3, -0.25) is 4.79 Å². The summed E-state index contributed by atoms with van der Waals surface area (Å²) in [5, 5.41) is 11.4. The predicted molar refractivity (Wildman–Crippen MR) is 113 cm³/mol. The second kappa shape index (κ2) is 8.85. The van der Waals surface area contributed by atoms with E-state index < -0.39 is 5.97 Å². The van der Waals surface area contributed by atoms with E-state index in [2.05, 4.69) is 61.4 Å². The van der Waals surface area contributed by atoms with Gasteiger partial charge in [0.25, 0.3) is 0 Å². The average Bonchev–Trinajstić information content (AvgIpc) is 3.05. The minimum Gasteiger partial charge on any atom is -0.481 e. The van der Waals surface area contributed by atoms with Crippen LogP contribution in [0.15, 0.2) is 35.7 Å². The van der Waals surface area contributed by atoms with Crippen molar-refractivity contribution >= 4 is 22.9 Å². The van der Waals surface area contributed by atoms with Gasteiger partial charge in [0.05, 0.1) is 5.92 Å². The molecule has 1 N–H and O–H groups in total. The first-order valence-electron chi connectivity index (χ1n) is 9.73. The summed E-state index contributed by atoms with van der Waals surface area (Å²) in [5.41, 5.74) is 6.51. The normalized spacial score (nSPS) is 18.6. The second-order valence-corrected chi connectivity index (χ2v) is 8.55. The highest BCUT2D eigenvalue weighted by atomic mass is 32.1. The van der Waals surface area contributed by atoms with E-state index in [9.17, 15) is 9.90 Å². The maximum absolute atomic E-state index is 11.3. The standard InChI is InChI=1S/C23H29NO2S/c1-16-8-9-20(18(3)14-16)21(22-17(2)10-13-27-22)7-5-12-24-11-4-6-19(15-24)23(25)26/h7-10,13-14,19H,4-6,11-12,15H2,1-3H3,(H,25,26)/b21-7-/t19-/m1/s1. The fraction of sp³-hybridized carbons (Fsp3) is 0.435. The molecular formula is C23H29NO2S. The Hall–Kier alpha value is -1.91. The van der Waals surface area contributed by atoms with Gasteiger partial charge in [0.2, 0.25) is 0 Å². The highest BCUT2D eigenvalue weighted by molar-refractivity contribution is 7.11. The summed E-state index contributed by atoms with van der Waals surface area (Å²) in [5.74, 6) is -0.860. The monoisotopic (exact) mass is 383 g/mol. The number of benzene rings is 1. The number of thiophene rings is 1. The smallest absolute Gasteiger partial charge is 0.307 e. The lowest BCUT2D eigenvalue weighted by Gasteiger charge is -2.30. The van der Waals surface area contributed by atoms with Gasteiger partial charge in [-0.1, -0.05) is 29.8 Å². The van der Waals surface area contributed by atoms with E-state index in [4.69, 9.17) is 0 Å². The van der Waals surface area contributed by atoms with Crippen molar-refractivity contribution in [2.75, 3.05) is 19.6 Å². The lowest BCUT2D eigenvalue weighted by atomic mass is 9.95. The fourth-order valence-electron chi connectivity index (χ4n) is 3.94. The van der Waals surface area contributed by atoms with Crippen molar-refractivity contribution in [1.82, 2.24) is 4.90 Å². The Morgan fingerprint density at radius 1 is 1.26 bits per heavy atom. The van der Waals surface area contributed by atoms with Crippen molar-refractivity contribution in [2.45, 2.75) is 40.0 Å². The Morgan fingerprint density at radius 3 is 2.74 bits per heavy atom. The number of carboxylic acids is 1. The minimum absolute atomic E-state index is 0.207. The van der Waals surface area contributed by atoms with Crippen LogP contribution in [0.4, 0.5) is 0 Å². The SMILES string of the molecule is Cc1ccc(/C(=C/CCN2CCC[C@@H](C(=O)O)C2)c2sccc2C)c(C)c1. The van der Waals surface area contributed by atoms with Gasteiger partial charge >= 0.3 is 5.97 Å². The van der Waals surface area contributed by atoms with Crippen molar-refractivity contribution in [3.05, 3.63) is 62.9 Å². The summed E-state index contributed by atoms with van der Waals surface area (Å²) in [6, 6.07) is 8.84. The van der Waals surface area contributed by atoms with E-state index in [-0.39, 0.29) is 5.92 Å². The van der Waals surface area contributed by atoms with Gasteiger partial charge < -0.3 is 10.0 Å². The molecule has 2 heterocycles. The zero-order valence-corrected chi connectivity index (χ0v) is 17.3. The molecule has 0 saturated carbocycles. The van der Waals surface area contributed by atoms with Crippen molar-refractivity contribution in [3.63, 3.8) is 0 Å². The molecule has 3 rings (SSSR count). The number of carboxylic acid groups (broad SMARTS) is 1. The maximum atomic E-state index is 11.3. The molecule has 0 aliphatic carbocycles. The van der Waals surface area contributed by atoms with Crippen molar-refractivity contribution in [1.29, 1.82) is 0 Å². The van der Waals surface area contributed by atoms with Gasteiger partial charge in [0, 0.05) is 18.0 Å². The number of hydrogen-bond donors (Lipinski definition) is 1. The number of rotatable bonds is 6. The molecule has 1 aromatic carbocycles. The average molecular weight is 384 g/mol. The van der Waals surface area contributed by atoms with E-state index in [1.165, 1.54) is 32.7 Å². The first-order chi connectivity index (χ1) is 13.0. The first kappa shape index (κ1) is 19.8. The summed E-state index contributed by atoms with van der Waals surface area (Å²) in [6.07, 6.45) is 5.08. The fourth-order valence-corrected chi connectivity index (χ4v) is 4.92. The molecule has 0 radical (unpaired) electrons. The molecule has 2 aromatic rings. The maximum Gasteiger partial charge on any atom is 0.307 e. The van der Waals surface area contributed by atoms with Gasteiger partial charge in [-0.05, 0) is 80.3 Å². The first-order valence-corrected chi connectivity index (χ1v) is 10.6. The number of carbonyl (C=O) groups is 1. The van der Waals surface area contributed by atoms with E-state index >= 15 is 0 Å². The third-order valence-corrected chi connectivity index (χ3v) is 6.48. The number of aliphatic carboxylic acids is 1. The number of likely N-dealkylation sites (tertiary alicyclic amines) is 1. The lowest BCUT2D eigenvalue weighted by Crippen LogP contribution is -2.39. The third-order valence-electron chi connectivity index (χ3n) is 5.43. The molecule has 1 aliphatic rings. The van der Waals surface area contributed by atoms with Crippen molar-refractivity contribution in [2.24, 2.45) is 5.92 Å². The molecule has 4 heteroatoms. The molecule has 0 amide bonds. The van der Waals surface area contributed by atoms with E-state index in [0.717, 1.165) is 32.4 Å². The van der Waals surface area contributed by atoms with Crippen molar-refractivity contribution < 1.29 is 9.90 Å². The highest BCUT2D eigenvalue weighted by Gasteiger charge is 2.24. The van der Waals surface area contributed by atoms with Crippen LogP contribution in [0.1, 0.15) is 46.4 Å². The summed E-state index contributed by atoms with van der Waals surface area (Å²) < 4.78 is 0. The number of aryl methyl sites for hydroxylation is 3. The third kappa shape index (κ3) is 4.88. The van der Waals surface area contributed by atoms with Crippen molar-refractivity contribution in [3.8, 4) is 0 Å². The van der Waals surface area contributed by atoms with E-state index in [1.807, 2.05) is 0 Å². The molecule has 1 saturated heterocycles. The van der Waals surface area contributed by atoms with Gasteiger partial charge in [-0.25, -0.2) is 0 Å². The summed E-state index contributed by atoms with van der Waals surface area (Å²) in [6.45, 7) is 9.09. The molecule has 1 aromatic heterocycles. The Balaban J connectivity index is 1.79. The highest BCUT2D eigenvalue weighted by Crippen LogP contribution is 2.33. The molecule has 1 aliphatic heterocycles. The van der Waals surface area contributed by atoms with Crippen LogP contribution < -0.4 is 0 Å². The van der Waals surface area contributed by atoms with Gasteiger partial charge in [0.15, 0.2) is 0 Å². The van der Waals surface area contributed by atoms with Gasteiger partial charge in [-0.15, -0.1) is 11.3 Å². The molecule has 1 fully saturated rings. The molecule has 0 unspecified atom stereocenters. The summed E-state index contributed by atoms with van der Waals surface area (Å²) in [7, 11) is 0. The Morgan fingerprint density at radius 2 is 2.07 bits per heavy atom. The molecule has 1 atom stereocenters. The van der Waals surface area contributed by atoms with Crippen LogP contribution in [0.5, 0.6) is 0 Å². The molecule has 27 heavy (non-hydrogen) atoms. The summed E-state index contributed by atoms with van der Waals surface area (Å²) >= 11 is 1.80. The van der Waals surface area contributed by atoms with E-state index in [0.29, 0.717) is 6.54 Å². The van der Waals surface area contributed by atoms with E-state index in [1.54, 1.807) is 11.3 Å². The molecule has 0 spiro atoms.